The molecule has 2 aliphatic carbocycles. The first-order valence-electron chi connectivity index (χ1n) is 9.88. The van der Waals surface area contributed by atoms with E-state index in [0.29, 0.717) is 0 Å². The molecule has 25 heavy (non-hydrogen) atoms. The van der Waals surface area contributed by atoms with Crippen molar-refractivity contribution in [3.05, 3.63) is 65.5 Å². The molecule has 128 valence electrons. The summed E-state index contributed by atoms with van der Waals surface area (Å²) >= 11 is 0. The average molecular weight is 330 g/mol. The lowest BCUT2D eigenvalue weighted by molar-refractivity contribution is 0.321. The van der Waals surface area contributed by atoms with E-state index in [1.165, 1.54) is 61.0 Å². The highest BCUT2D eigenvalue weighted by molar-refractivity contribution is 5.76. The van der Waals surface area contributed by atoms with Gasteiger partial charge < -0.3 is 4.98 Å². The van der Waals surface area contributed by atoms with Gasteiger partial charge in [0, 0.05) is 6.42 Å². The van der Waals surface area contributed by atoms with Crippen LogP contribution in [0.25, 0.3) is 11.0 Å². The minimum atomic E-state index is 0.759. The van der Waals surface area contributed by atoms with E-state index in [-0.39, 0.29) is 0 Å². The number of aromatic nitrogens is 2. The summed E-state index contributed by atoms with van der Waals surface area (Å²) in [5, 5.41) is 0. The van der Waals surface area contributed by atoms with Gasteiger partial charge in [-0.3, -0.25) is 0 Å². The maximum absolute atomic E-state index is 4.85. The molecule has 0 saturated heterocycles. The Kier molecular flexibility index (Phi) is 3.84. The predicted molar refractivity (Wildman–Crippen MR) is 103 cm³/mol. The Labute approximate surface area is 149 Å². The summed E-state index contributed by atoms with van der Waals surface area (Å²) in [5.41, 5.74) is 5.39. The number of aromatic amines is 1. The normalized spacial score (nSPS) is 23.8. The summed E-state index contributed by atoms with van der Waals surface area (Å²) in [4.78, 5) is 8.45. The summed E-state index contributed by atoms with van der Waals surface area (Å²) in [6, 6.07) is 17.9. The van der Waals surface area contributed by atoms with Gasteiger partial charge in [-0.15, -0.1) is 0 Å². The molecule has 1 aromatic heterocycles. The molecule has 1 heterocycles. The zero-order chi connectivity index (χ0) is 16.6. The van der Waals surface area contributed by atoms with Crippen LogP contribution in [0.15, 0.2) is 48.5 Å². The fourth-order valence-electron chi connectivity index (χ4n) is 4.55. The Balaban J connectivity index is 1.24. The fraction of sp³-hybridized carbons (Fsp3) is 0.435. The molecular weight excluding hydrogens is 304 g/mol. The molecule has 0 radical (unpaired) electrons. The number of nitrogens with one attached hydrogen (secondary N) is 1. The van der Waals surface area contributed by atoms with Crippen molar-refractivity contribution in [1.82, 2.24) is 9.97 Å². The van der Waals surface area contributed by atoms with Crippen LogP contribution in [0.3, 0.4) is 0 Å². The second-order valence-corrected chi connectivity index (χ2v) is 8.07. The van der Waals surface area contributed by atoms with Gasteiger partial charge in [-0.2, -0.15) is 0 Å². The summed E-state index contributed by atoms with van der Waals surface area (Å²) in [7, 11) is 0. The number of rotatable bonds is 4. The van der Waals surface area contributed by atoms with E-state index in [1.54, 1.807) is 0 Å². The van der Waals surface area contributed by atoms with E-state index in [0.717, 1.165) is 29.7 Å². The molecular formula is C23H26N2. The van der Waals surface area contributed by atoms with E-state index >= 15 is 0 Å². The van der Waals surface area contributed by atoms with E-state index in [2.05, 4.69) is 53.5 Å². The molecule has 0 spiro atoms. The molecule has 0 unspecified atom stereocenters. The largest absolute Gasteiger partial charge is 0.342 e. The Morgan fingerprint density at radius 1 is 0.800 bits per heavy atom. The summed E-state index contributed by atoms with van der Waals surface area (Å²) in [6.45, 7) is 0. The number of imidazole rings is 1. The molecule has 1 N–H and O–H groups in total. The molecule has 0 bridgehead atoms. The zero-order valence-corrected chi connectivity index (χ0v) is 14.7. The van der Waals surface area contributed by atoms with Crippen molar-refractivity contribution >= 4 is 11.0 Å². The van der Waals surface area contributed by atoms with Gasteiger partial charge in [0.1, 0.15) is 5.82 Å². The van der Waals surface area contributed by atoms with Crippen molar-refractivity contribution in [1.29, 1.82) is 0 Å². The zero-order valence-electron chi connectivity index (χ0n) is 14.7. The van der Waals surface area contributed by atoms with Crippen LogP contribution < -0.4 is 0 Å². The highest BCUT2D eigenvalue weighted by atomic mass is 14.9. The van der Waals surface area contributed by atoms with Gasteiger partial charge in [0.25, 0.3) is 0 Å². The molecule has 2 fully saturated rings. The molecule has 5 rings (SSSR count). The summed E-state index contributed by atoms with van der Waals surface area (Å²) < 4.78 is 0. The maximum atomic E-state index is 4.85. The lowest BCUT2D eigenvalue weighted by Gasteiger charge is -2.28. The number of nitrogens with zero attached hydrogens (tertiary/aromatic N) is 1. The van der Waals surface area contributed by atoms with Crippen molar-refractivity contribution in [2.45, 2.75) is 56.8 Å². The minimum Gasteiger partial charge on any atom is -0.342 e. The van der Waals surface area contributed by atoms with Gasteiger partial charge >= 0.3 is 0 Å². The first kappa shape index (κ1) is 15.2. The average Bonchev–Trinajstić information content (AvgIpc) is 3.43. The van der Waals surface area contributed by atoms with Crippen molar-refractivity contribution in [2.75, 3.05) is 0 Å². The van der Waals surface area contributed by atoms with Crippen LogP contribution in [0.4, 0.5) is 0 Å². The van der Waals surface area contributed by atoms with Gasteiger partial charge in [-0.05, 0) is 79.5 Å². The van der Waals surface area contributed by atoms with Crippen LogP contribution in [0.2, 0.25) is 0 Å². The number of benzene rings is 2. The number of hydrogen-bond acceptors (Lipinski definition) is 1. The molecule has 2 heteroatoms. The van der Waals surface area contributed by atoms with Crippen LogP contribution in [-0.4, -0.2) is 9.97 Å². The molecule has 2 nitrogen and oxygen atoms in total. The first-order valence-corrected chi connectivity index (χ1v) is 9.88. The SMILES string of the molecule is c1ccc(C2CCC(Cc3nc4ccc(C5CC5)cc4[nH]3)CC2)cc1. The molecule has 0 atom stereocenters. The van der Waals surface area contributed by atoms with Gasteiger partial charge in [0.2, 0.25) is 0 Å². The number of hydrogen-bond donors (Lipinski definition) is 1. The minimum absolute atomic E-state index is 0.759. The van der Waals surface area contributed by atoms with Crippen molar-refractivity contribution in [3.8, 4) is 0 Å². The van der Waals surface area contributed by atoms with Crippen molar-refractivity contribution in [2.24, 2.45) is 5.92 Å². The molecule has 0 amide bonds. The van der Waals surface area contributed by atoms with Gasteiger partial charge in [-0.25, -0.2) is 4.98 Å². The molecule has 0 aliphatic heterocycles. The Hall–Kier alpha value is -2.09. The van der Waals surface area contributed by atoms with E-state index in [1.807, 2.05) is 0 Å². The Bertz CT molecular complexity index is 852. The smallest absolute Gasteiger partial charge is 0.107 e. The number of fused-ring (bicyclic) bond motifs is 1. The van der Waals surface area contributed by atoms with Crippen LogP contribution >= 0.6 is 0 Å². The van der Waals surface area contributed by atoms with Crippen molar-refractivity contribution < 1.29 is 0 Å². The van der Waals surface area contributed by atoms with Crippen LogP contribution in [0, 0.1) is 5.92 Å². The molecule has 3 aromatic rings. The molecule has 2 aromatic carbocycles. The Morgan fingerprint density at radius 2 is 1.52 bits per heavy atom. The highest BCUT2D eigenvalue weighted by Crippen LogP contribution is 2.41. The Morgan fingerprint density at radius 3 is 2.28 bits per heavy atom. The lowest BCUT2D eigenvalue weighted by atomic mass is 9.77. The first-order chi connectivity index (χ1) is 12.3. The third-order valence-corrected chi connectivity index (χ3v) is 6.20. The third kappa shape index (κ3) is 3.22. The van der Waals surface area contributed by atoms with E-state index < -0.39 is 0 Å². The molecule has 2 aliphatic rings. The third-order valence-electron chi connectivity index (χ3n) is 6.20. The van der Waals surface area contributed by atoms with E-state index in [9.17, 15) is 0 Å². The van der Waals surface area contributed by atoms with Crippen molar-refractivity contribution in [3.63, 3.8) is 0 Å². The van der Waals surface area contributed by atoms with Crippen LogP contribution in [0.5, 0.6) is 0 Å². The van der Waals surface area contributed by atoms with Gasteiger partial charge in [-0.1, -0.05) is 36.4 Å². The second kappa shape index (κ2) is 6.33. The van der Waals surface area contributed by atoms with E-state index in [4.69, 9.17) is 4.98 Å². The predicted octanol–water partition coefficient (Wildman–Crippen LogP) is 5.96. The lowest BCUT2D eigenvalue weighted by Crippen LogP contribution is -2.15. The van der Waals surface area contributed by atoms with Gasteiger partial charge in [0.05, 0.1) is 11.0 Å². The standard InChI is InChI=1S/C23H26N2/c1-2-4-17(5-3-1)18-8-6-16(7-9-18)14-23-24-21-13-12-20(19-10-11-19)15-22(21)25-23/h1-5,12-13,15-16,18-19H,6-11,14H2,(H,24,25). The maximum Gasteiger partial charge on any atom is 0.107 e. The summed E-state index contributed by atoms with van der Waals surface area (Å²) in [5.74, 6) is 3.54. The topological polar surface area (TPSA) is 28.7 Å². The fourth-order valence-corrected chi connectivity index (χ4v) is 4.55. The quantitative estimate of drug-likeness (QED) is 0.628. The summed E-state index contributed by atoms with van der Waals surface area (Å²) in [6.07, 6.45) is 9.11. The van der Waals surface area contributed by atoms with Crippen LogP contribution in [0.1, 0.15) is 67.3 Å². The monoisotopic (exact) mass is 330 g/mol. The highest BCUT2D eigenvalue weighted by Gasteiger charge is 2.25. The van der Waals surface area contributed by atoms with Crippen LogP contribution in [-0.2, 0) is 6.42 Å². The second-order valence-electron chi connectivity index (χ2n) is 8.07. The number of H-pyrrole nitrogens is 1. The molecule has 2 saturated carbocycles. The van der Waals surface area contributed by atoms with Gasteiger partial charge in [0.15, 0.2) is 0 Å².